The van der Waals surface area contributed by atoms with Crippen LogP contribution in [0.1, 0.15) is 26.3 Å². The lowest BCUT2D eigenvalue weighted by atomic mass is 10.0. The molecule has 1 aromatic rings. The van der Waals surface area contributed by atoms with Crippen LogP contribution in [0, 0.1) is 0 Å². The van der Waals surface area contributed by atoms with E-state index >= 15 is 0 Å². The number of piperazine rings is 1. The summed E-state index contributed by atoms with van der Waals surface area (Å²) in [5.41, 5.74) is 1.74. The second-order valence-corrected chi connectivity index (χ2v) is 7.59. The van der Waals surface area contributed by atoms with Gasteiger partial charge in [0, 0.05) is 33.3 Å². The summed E-state index contributed by atoms with van der Waals surface area (Å²) in [4.78, 5) is 32.1. The molecular weight excluding hydrogens is 370 g/mol. The molecule has 0 radical (unpaired) electrons. The normalized spacial score (nSPS) is 18.4. The predicted octanol–water partition coefficient (Wildman–Crippen LogP) is 1.84. The van der Waals surface area contributed by atoms with Gasteiger partial charge in [0.05, 0.1) is 24.8 Å². The average molecular weight is 402 g/mol. The maximum atomic E-state index is 13.2. The Labute approximate surface area is 172 Å². The minimum absolute atomic E-state index is 0.0738. The fraction of sp³-hybridized carbons (Fsp3) is 0.545. The van der Waals surface area contributed by atoms with E-state index in [1.54, 1.807) is 7.11 Å². The first-order valence-electron chi connectivity index (χ1n) is 10.3. The monoisotopic (exact) mass is 401 g/mol. The van der Waals surface area contributed by atoms with Gasteiger partial charge in [-0.2, -0.15) is 0 Å². The lowest BCUT2D eigenvalue weighted by Gasteiger charge is -2.36. The summed E-state index contributed by atoms with van der Waals surface area (Å²) >= 11 is 0. The molecule has 0 aliphatic carbocycles. The quantitative estimate of drug-likeness (QED) is 0.620. The van der Waals surface area contributed by atoms with E-state index in [0.29, 0.717) is 17.9 Å². The fourth-order valence-corrected chi connectivity index (χ4v) is 3.76. The highest BCUT2D eigenvalue weighted by Gasteiger charge is 2.41. The Hall–Kier alpha value is -2.38. The van der Waals surface area contributed by atoms with Crippen LogP contribution in [-0.4, -0.2) is 85.6 Å². The highest BCUT2D eigenvalue weighted by molar-refractivity contribution is 6.35. The number of likely N-dealkylation sites (N-methyl/N-ethyl adjacent to an activating group) is 1. The van der Waals surface area contributed by atoms with Crippen molar-refractivity contribution in [3.8, 4) is 5.75 Å². The molecule has 1 fully saturated rings. The summed E-state index contributed by atoms with van der Waals surface area (Å²) in [6.45, 7) is 10.9. The zero-order chi connectivity index (χ0) is 21.0. The molecule has 2 aliphatic rings. The first kappa shape index (κ1) is 21.3. The molecule has 0 spiro atoms. The summed E-state index contributed by atoms with van der Waals surface area (Å²) in [5, 5.41) is 0. The van der Waals surface area contributed by atoms with Crippen molar-refractivity contribution in [2.24, 2.45) is 0 Å². The maximum absolute atomic E-state index is 13.2. The van der Waals surface area contributed by atoms with Crippen molar-refractivity contribution in [3.05, 3.63) is 35.5 Å². The van der Waals surface area contributed by atoms with E-state index < -0.39 is 0 Å². The number of hydrogen-bond acceptors (Lipinski definition) is 6. The highest BCUT2D eigenvalue weighted by Crippen LogP contribution is 2.33. The Balaban J connectivity index is 1.93. The van der Waals surface area contributed by atoms with E-state index in [9.17, 15) is 9.59 Å². The molecular formula is C22H31N3O4. The number of carbonyl (C=O) groups is 2. The van der Waals surface area contributed by atoms with Gasteiger partial charge in [-0.15, -0.1) is 0 Å². The number of hydrogen-bond donors (Lipinski definition) is 0. The summed E-state index contributed by atoms with van der Waals surface area (Å²) in [5.74, 6) is 0.266. The topological polar surface area (TPSA) is 62.3 Å². The molecule has 0 aromatic heterocycles. The Kier molecular flexibility index (Phi) is 6.92. The minimum atomic E-state index is -0.252. The third-order valence-electron chi connectivity index (χ3n) is 5.31. The minimum Gasteiger partial charge on any atom is -0.491 e. The van der Waals surface area contributed by atoms with Crippen LogP contribution in [0.3, 0.4) is 0 Å². The molecule has 2 amide bonds. The van der Waals surface area contributed by atoms with Gasteiger partial charge < -0.3 is 19.3 Å². The SMILES string of the molecule is CCN1CCN(C2=C(c3ccc(OC(C)C)cc3)C(=O)N(CCOC)C2=O)CC1. The summed E-state index contributed by atoms with van der Waals surface area (Å²) in [6.07, 6.45) is 0.0738. The Morgan fingerprint density at radius 1 is 1.00 bits per heavy atom. The van der Waals surface area contributed by atoms with Crippen LogP contribution in [-0.2, 0) is 14.3 Å². The average Bonchev–Trinajstić information content (AvgIpc) is 2.96. The molecule has 0 saturated carbocycles. The van der Waals surface area contributed by atoms with E-state index in [1.807, 2.05) is 38.1 Å². The van der Waals surface area contributed by atoms with Crippen LogP contribution in [0.15, 0.2) is 30.0 Å². The van der Waals surface area contributed by atoms with Gasteiger partial charge in [-0.05, 0) is 38.1 Å². The van der Waals surface area contributed by atoms with E-state index in [0.717, 1.165) is 44.0 Å². The summed E-state index contributed by atoms with van der Waals surface area (Å²) in [7, 11) is 1.57. The highest BCUT2D eigenvalue weighted by atomic mass is 16.5. The van der Waals surface area contributed by atoms with Gasteiger partial charge in [0.15, 0.2) is 0 Å². The Morgan fingerprint density at radius 2 is 1.66 bits per heavy atom. The fourth-order valence-electron chi connectivity index (χ4n) is 3.76. The van der Waals surface area contributed by atoms with Crippen LogP contribution >= 0.6 is 0 Å². The number of rotatable bonds is 8. The first-order valence-corrected chi connectivity index (χ1v) is 10.3. The third-order valence-corrected chi connectivity index (χ3v) is 5.31. The molecule has 0 atom stereocenters. The lowest BCUT2D eigenvalue weighted by molar-refractivity contribution is -0.138. The summed E-state index contributed by atoms with van der Waals surface area (Å²) < 4.78 is 10.8. The van der Waals surface area contributed by atoms with Gasteiger partial charge in [-0.25, -0.2) is 0 Å². The second-order valence-electron chi connectivity index (χ2n) is 7.59. The molecule has 1 aromatic carbocycles. The molecule has 158 valence electrons. The largest absolute Gasteiger partial charge is 0.491 e. The molecule has 29 heavy (non-hydrogen) atoms. The van der Waals surface area contributed by atoms with Crippen molar-refractivity contribution in [1.29, 1.82) is 0 Å². The second kappa shape index (κ2) is 9.41. The van der Waals surface area contributed by atoms with Gasteiger partial charge in [0.25, 0.3) is 11.8 Å². The van der Waals surface area contributed by atoms with E-state index in [-0.39, 0.29) is 24.5 Å². The number of methoxy groups -OCH3 is 1. The van der Waals surface area contributed by atoms with Crippen molar-refractivity contribution < 1.29 is 19.1 Å². The van der Waals surface area contributed by atoms with Gasteiger partial charge in [0.1, 0.15) is 11.4 Å². The number of imide groups is 1. The molecule has 0 N–H and O–H groups in total. The van der Waals surface area contributed by atoms with Gasteiger partial charge in [-0.3, -0.25) is 14.5 Å². The number of ether oxygens (including phenoxy) is 2. The lowest BCUT2D eigenvalue weighted by Crippen LogP contribution is -2.47. The molecule has 7 nitrogen and oxygen atoms in total. The van der Waals surface area contributed by atoms with Crippen LogP contribution in [0.5, 0.6) is 5.75 Å². The standard InChI is InChI=1S/C22H31N3O4/c1-5-23-10-12-24(13-11-23)20-19(21(26)25(22(20)27)14-15-28-4)17-6-8-18(9-7-17)29-16(2)3/h6-9,16H,5,10-15H2,1-4H3. The van der Waals surface area contributed by atoms with Crippen molar-refractivity contribution in [2.45, 2.75) is 26.9 Å². The molecule has 3 rings (SSSR count). The van der Waals surface area contributed by atoms with Crippen molar-refractivity contribution in [3.63, 3.8) is 0 Å². The van der Waals surface area contributed by atoms with E-state index in [4.69, 9.17) is 9.47 Å². The van der Waals surface area contributed by atoms with Gasteiger partial charge >= 0.3 is 0 Å². The van der Waals surface area contributed by atoms with Gasteiger partial charge in [0.2, 0.25) is 0 Å². The molecule has 1 saturated heterocycles. The Morgan fingerprint density at radius 3 is 2.21 bits per heavy atom. The number of carbonyl (C=O) groups excluding carboxylic acids is 2. The Bertz CT molecular complexity index is 765. The molecule has 7 heteroatoms. The third kappa shape index (κ3) is 4.62. The van der Waals surface area contributed by atoms with Crippen molar-refractivity contribution >= 4 is 17.4 Å². The van der Waals surface area contributed by atoms with E-state index in [2.05, 4.69) is 16.7 Å². The number of amides is 2. The van der Waals surface area contributed by atoms with Crippen molar-refractivity contribution in [2.75, 3.05) is 53.0 Å². The predicted molar refractivity (Wildman–Crippen MR) is 111 cm³/mol. The first-order chi connectivity index (χ1) is 14.0. The van der Waals surface area contributed by atoms with Crippen LogP contribution in [0.25, 0.3) is 5.57 Å². The number of nitrogens with zero attached hydrogens (tertiary/aromatic N) is 3. The molecule has 0 unspecified atom stereocenters. The smallest absolute Gasteiger partial charge is 0.277 e. The summed E-state index contributed by atoms with van der Waals surface area (Å²) in [6, 6.07) is 7.43. The zero-order valence-electron chi connectivity index (χ0n) is 17.8. The van der Waals surface area contributed by atoms with Crippen LogP contribution in [0.4, 0.5) is 0 Å². The molecule has 2 aliphatic heterocycles. The molecule has 2 heterocycles. The zero-order valence-corrected chi connectivity index (χ0v) is 17.8. The molecule has 0 bridgehead atoms. The number of benzene rings is 1. The van der Waals surface area contributed by atoms with Crippen LogP contribution < -0.4 is 4.74 Å². The van der Waals surface area contributed by atoms with Crippen LogP contribution in [0.2, 0.25) is 0 Å². The van der Waals surface area contributed by atoms with Crippen molar-refractivity contribution in [1.82, 2.24) is 14.7 Å². The maximum Gasteiger partial charge on any atom is 0.277 e. The van der Waals surface area contributed by atoms with E-state index in [1.165, 1.54) is 4.90 Å². The van der Waals surface area contributed by atoms with Gasteiger partial charge in [-0.1, -0.05) is 19.1 Å².